The van der Waals surface area contributed by atoms with Gasteiger partial charge in [0.25, 0.3) is 5.69 Å². The summed E-state index contributed by atoms with van der Waals surface area (Å²) < 4.78 is 9.99. The lowest BCUT2D eigenvalue weighted by Gasteiger charge is -2.36. The summed E-state index contributed by atoms with van der Waals surface area (Å²) in [4.78, 5) is 38.0. The highest BCUT2D eigenvalue weighted by atomic mass is 16.6. The second-order valence-corrected chi connectivity index (χ2v) is 6.90. The van der Waals surface area contributed by atoms with Gasteiger partial charge in [-0.25, -0.2) is 9.59 Å². The quantitative estimate of drug-likeness (QED) is 0.439. The molecule has 1 saturated heterocycles. The number of esters is 1. The Bertz CT molecular complexity index is 706. The molecule has 2 rings (SSSR count). The van der Waals surface area contributed by atoms with Crippen molar-refractivity contribution in [2.75, 3.05) is 38.2 Å². The molecule has 0 saturated carbocycles. The lowest BCUT2D eigenvalue weighted by molar-refractivity contribution is -0.385. The molecule has 9 nitrogen and oxygen atoms in total. The fraction of sp³-hybridized carbons (Fsp3) is 0.579. The van der Waals surface area contributed by atoms with Gasteiger partial charge in [-0.2, -0.15) is 0 Å². The van der Waals surface area contributed by atoms with E-state index in [0.717, 1.165) is 0 Å². The molecule has 0 spiro atoms. The molecule has 1 heterocycles. The molecule has 0 aromatic heterocycles. The van der Waals surface area contributed by atoms with Crippen molar-refractivity contribution >= 4 is 23.4 Å². The molecule has 0 N–H and O–H groups in total. The van der Waals surface area contributed by atoms with Crippen LogP contribution in [0.1, 0.15) is 45.0 Å². The molecular formula is C19H29N3O6. The average Bonchev–Trinajstić information content (AvgIpc) is 2.67. The Balaban J connectivity index is 0.00000190. The fourth-order valence-electron chi connectivity index (χ4n) is 2.63. The first-order valence-electron chi connectivity index (χ1n) is 9.22. The third-order valence-electron chi connectivity index (χ3n) is 3.88. The summed E-state index contributed by atoms with van der Waals surface area (Å²) in [6.45, 7) is 11.4. The molecule has 1 aromatic carbocycles. The van der Waals surface area contributed by atoms with Gasteiger partial charge in [0.1, 0.15) is 11.2 Å². The summed E-state index contributed by atoms with van der Waals surface area (Å²) in [5, 5.41) is 11.1. The lowest BCUT2D eigenvalue weighted by atomic mass is 10.1. The summed E-state index contributed by atoms with van der Waals surface area (Å²) in [6, 6.07) is 4.34. The third kappa shape index (κ3) is 6.11. The number of benzene rings is 1. The zero-order valence-electron chi connectivity index (χ0n) is 17.4. The van der Waals surface area contributed by atoms with Crippen molar-refractivity contribution < 1.29 is 24.0 Å². The Morgan fingerprint density at radius 2 is 1.68 bits per heavy atom. The largest absolute Gasteiger partial charge is 0.465 e. The van der Waals surface area contributed by atoms with Gasteiger partial charge in [0.2, 0.25) is 0 Å². The predicted octanol–water partition coefficient (Wildman–Crippen LogP) is 3.46. The highest BCUT2D eigenvalue weighted by Gasteiger charge is 2.27. The van der Waals surface area contributed by atoms with E-state index in [4.69, 9.17) is 4.74 Å². The third-order valence-corrected chi connectivity index (χ3v) is 3.88. The molecule has 1 aliphatic heterocycles. The van der Waals surface area contributed by atoms with E-state index in [0.29, 0.717) is 31.9 Å². The van der Waals surface area contributed by atoms with Crippen LogP contribution < -0.4 is 4.90 Å². The Labute approximate surface area is 165 Å². The van der Waals surface area contributed by atoms with Crippen LogP contribution in [0.5, 0.6) is 0 Å². The second-order valence-electron chi connectivity index (χ2n) is 6.90. The molecule has 0 atom stereocenters. The van der Waals surface area contributed by atoms with Gasteiger partial charge in [-0.05, 0) is 32.9 Å². The number of nitrogens with zero attached hydrogens (tertiary/aromatic N) is 3. The van der Waals surface area contributed by atoms with Crippen molar-refractivity contribution in [3.8, 4) is 0 Å². The molecule has 9 heteroatoms. The number of carbonyl (C=O) groups excluding carboxylic acids is 2. The first-order valence-corrected chi connectivity index (χ1v) is 9.22. The molecule has 0 aliphatic carbocycles. The maximum atomic E-state index is 12.1. The molecule has 0 unspecified atom stereocenters. The first kappa shape index (κ1) is 23.2. The fourth-order valence-corrected chi connectivity index (χ4v) is 2.63. The SMILES string of the molecule is CC.COC(=O)c1cc(N2CCN(C(=O)OC(C)(C)C)CC2)ccc1[N+](=O)[O-]. The summed E-state index contributed by atoms with van der Waals surface area (Å²) in [5.74, 6) is -0.758. The van der Waals surface area contributed by atoms with Crippen molar-refractivity contribution in [1.29, 1.82) is 0 Å². The lowest BCUT2D eigenvalue weighted by Crippen LogP contribution is -2.50. The van der Waals surface area contributed by atoms with Gasteiger partial charge in [-0.3, -0.25) is 10.1 Å². The monoisotopic (exact) mass is 395 g/mol. The van der Waals surface area contributed by atoms with Gasteiger partial charge in [0.15, 0.2) is 0 Å². The van der Waals surface area contributed by atoms with Crippen molar-refractivity contribution in [2.45, 2.75) is 40.2 Å². The molecule has 1 aromatic rings. The number of anilines is 1. The zero-order valence-corrected chi connectivity index (χ0v) is 17.4. The molecule has 1 aliphatic rings. The van der Waals surface area contributed by atoms with Crippen LogP contribution in [0.25, 0.3) is 0 Å². The standard InChI is InChI=1S/C17H23N3O6.C2H6/c1-17(2,3)26-16(22)19-9-7-18(8-10-19)12-5-6-14(20(23)24)13(11-12)15(21)25-4;1-2/h5-6,11H,7-10H2,1-4H3;1-2H3. The minimum absolute atomic E-state index is 0.0930. The maximum Gasteiger partial charge on any atom is 0.410 e. The Morgan fingerprint density at radius 1 is 1.11 bits per heavy atom. The van der Waals surface area contributed by atoms with Crippen LogP contribution in [0.2, 0.25) is 0 Å². The molecule has 0 radical (unpaired) electrons. The number of methoxy groups -OCH3 is 1. The number of ether oxygens (including phenoxy) is 2. The number of piperazine rings is 1. The van der Waals surface area contributed by atoms with E-state index in [1.165, 1.54) is 19.2 Å². The van der Waals surface area contributed by atoms with E-state index in [9.17, 15) is 19.7 Å². The van der Waals surface area contributed by atoms with Crippen LogP contribution in [0.3, 0.4) is 0 Å². The van der Waals surface area contributed by atoms with Crippen LogP contribution in [-0.2, 0) is 9.47 Å². The molecule has 156 valence electrons. The topological polar surface area (TPSA) is 102 Å². The van der Waals surface area contributed by atoms with E-state index in [1.807, 2.05) is 39.5 Å². The summed E-state index contributed by atoms with van der Waals surface area (Å²) >= 11 is 0. The van der Waals surface area contributed by atoms with Gasteiger partial charge >= 0.3 is 12.1 Å². The summed E-state index contributed by atoms with van der Waals surface area (Å²) in [7, 11) is 1.18. The molecule has 0 bridgehead atoms. The minimum Gasteiger partial charge on any atom is -0.465 e. The van der Waals surface area contributed by atoms with E-state index in [2.05, 4.69) is 4.74 Å². The van der Waals surface area contributed by atoms with Crippen molar-refractivity contribution in [3.05, 3.63) is 33.9 Å². The van der Waals surface area contributed by atoms with Crippen molar-refractivity contribution in [3.63, 3.8) is 0 Å². The number of amides is 1. The van der Waals surface area contributed by atoms with Crippen LogP contribution >= 0.6 is 0 Å². The Kier molecular flexibility index (Phi) is 8.21. The number of nitro benzene ring substituents is 1. The molecule has 28 heavy (non-hydrogen) atoms. The molecule has 1 fully saturated rings. The van der Waals surface area contributed by atoms with Gasteiger partial charge in [-0.1, -0.05) is 13.8 Å². The Hall–Kier alpha value is -2.84. The van der Waals surface area contributed by atoms with Gasteiger partial charge < -0.3 is 19.3 Å². The van der Waals surface area contributed by atoms with Crippen molar-refractivity contribution in [1.82, 2.24) is 4.90 Å². The van der Waals surface area contributed by atoms with E-state index in [-0.39, 0.29) is 17.3 Å². The number of carbonyl (C=O) groups is 2. The average molecular weight is 395 g/mol. The summed E-state index contributed by atoms with van der Waals surface area (Å²) in [6.07, 6.45) is -0.365. The number of hydrogen-bond acceptors (Lipinski definition) is 7. The van der Waals surface area contributed by atoms with E-state index < -0.39 is 16.5 Å². The van der Waals surface area contributed by atoms with Gasteiger partial charge in [0, 0.05) is 37.9 Å². The normalized spacial score (nSPS) is 13.9. The second kappa shape index (κ2) is 9.91. The zero-order chi connectivity index (χ0) is 21.5. The van der Waals surface area contributed by atoms with Gasteiger partial charge in [0.05, 0.1) is 12.0 Å². The maximum absolute atomic E-state index is 12.1. The van der Waals surface area contributed by atoms with Crippen molar-refractivity contribution in [2.24, 2.45) is 0 Å². The van der Waals surface area contributed by atoms with Crippen LogP contribution in [0.15, 0.2) is 18.2 Å². The number of hydrogen-bond donors (Lipinski definition) is 0. The number of nitro groups is 1. The van der Waals surface area contributed by atoms with E-state index >= 15 is 0 Å². The van der Waals surface area contributed by atoms with Crippen LogP contribution in [-0.4, -0.2) is 60.8 Å². The minimum atomic E-state index is -0.758. The highest BCUT2D eigenvalue weighted by Crippen LogP contribution is 2.26. The number of rotatable bonds is 3. The highest BCUT2D eigenvalue weighted by molar-refractivity contribution is 5.95. The van der Waals surface area contributed by atoms with E-state index in [1.54, 1.807) is 11.0 Å². The van der Waals surface area contributed by atoms with Crippen LogP contribution in [0, 0.1) is 10.1 Å². The predicted molar refractivity (Wildman–Crippen MR) is 106 cm³/mol. The summed E-state index contributed by atoms with van der Waals surface area (Å²) in [5.41, 5.74) is -0.278. The van der Waals surface area contributed by atoms with Gasteiger partial charge in [-0.15, -0.1) is 0 Å². The molecular weight excluding hydrogens is 366 g/mol. The first-order chi connectivity index (χ1) is 13.1. The van der Waals surface area contributed by atoms with Crippen LogP contribution in [0.4, 0.5) is 16.2 Å². The smallest absolute Gasteiger partial charge is 0.410 e. The molecule has 1 amide bonds. The Morgan fingerprint density at radius 3 is 2.14 bits per heavy atom.